The molecule has 4 heterocycles. The number of nitrogens with one attached hydrogen (secondary N) is 1. The average Bonchev–Trinajstić information content (AvgIpc) is 3.67. The molecule has 3 aliphatic heterocycles. The monoisotopic (exact) mass is 704 g/mol. The molecule has 3 aliphatic rings. The third-order valence-corrected chi connectivity index (χ3v) is 10.5. The van der Waals surface area contributed by atoms with Crippen molar-refractivity contribution in [1.82, 2.24) is 25.2 Å². The van der Waals surface area contributed by atoms with Gasteiger partial charge in [-0.25, -0.2) is 10.2 Å². The standard InChI is InChI=1S/C41H39F3N6O2/c42-41(43,44)39(19-21-50(46-39)40(31-10-4-1-5-11-31,32-12-6-2-7-13-32)33-14-8-3-9-15-33)34-16-17-36-35(30-34)37(18-20-45-36)47-22-24-48(25-23-47)38(51)49-26-28-52-29-27-49/h1-21,30,46H,22-29H2. The van der Waals surface area contributed by atoms with Gasteiger partial charge in [-0.2, -0.15) is 13.2 Å². The molecule has 2 saturated heterocycles. The minimum atomic E-state index is -4.73. The molecule has 0 bridgehead atoms. The summed E-state index contributed by atoms with van der Waals surface area (Å²) in [6, 6.07) is 35.5. The largest absolute Gasteiger partial charge is 0.416 e. The highest BCUT2D eigenvalue weighted by Gasteiger charge is 2.60. The van der Waals surface area contributed by atoms with Crippen molar-refractivity contribution in [3.8, 4) is 0 Å². The Hall–Kier alpha value is -5.39. The van der Waals surface area contributed by atoms with E-state index in [0.717, 1.165) is 22.4 Å². The van der Waals surface area contributed by atoms with Crippen LogP contribution in [0, 0.1) is 0 Å². The van der Waals surface area contributed by atoms with Crippen LogP contribution >= 0.6 is 0 Å². The third kappa shape index (κ3) is 5.74. The number of piperazine rings is 1. The number of rotatable bonds is 6. The van der Waals surface area contributed by atoms with Crippen LogP contribution in [0.3, 0.4) is 0 Å². The molecule has 2 amide bonds. The van der Waals surface area contributed by atoms with E-state index >= 15 is 13.2 Å². The number of hydrazine groups is 1. The second kappa shape index (κ2) is 13.6. The molecular formula is C41H39F3N6O2. The smallest absolute Gasteiger partial charge is 0.378 e. The zero-order chi connectivity index (χ0) is 35.8. The number of ether oxygens (including phenoxy) is 1. The summed E-state index contributed by atoms with van der Waals surface area (Å²) in [6.45, 7) is 4.31. The highest BCUT2D eigenvalue weighted by molar-refractivity contribution is 5.92. The van der Waals surface area contributed by atoms with Crippen LogP contribution in [0.1, 0.15) is 22.3 Å². The summed E-state index contributed by atoms with van der Waals surface area (Å²) in [5, 5.41) is 2.23. The van der Waals surface area contributed by atoms with Gasteiger partial charge in [0.25, 0.3) is 0 Å². The lowest BCUT2D eigenvalue weighted by Crippen LogP contribution is -2.59. The van der Waals surface area contributed by atoms with Crippen molar-refractivity contribution < 1.29 is 22.7 Å². The number of benzene rings is 4. The number of alkyl halides is 3. The summed E-state index contributed by atoms with van der Waals surface area (Å²) in [4.78, 5) is 23.5. The molecule has 0 spiro atoms. The molecule has 266 valence electrons. The van der Waals surface area contributed by atoms with Gasteiger partial charge >= 0.3 is 12.2 Å². The fourth-order valence-corrected chi connectivity index (χ4v) is 7.83. The van der Waals surface area contributed by atoms with Crippen LogP contribution in [-0.2, 0) is 15.8 Å². The van der Waals surface area contributed by atoms with Crippen LogP contribution in [0.15, 0.2) is 134 Å². The minimum Gasteiger partial charge on any atom is -0.378 e. The van der Waals surface area contributed by atoms with E-state index in [4.69, 9.17) is 4.74 Å². The number of amides is 2. The lowest BCUT2D eigenvalue weighted by atomic mass is 9.76. The maximum Gasteiger partial charge on any atom is 0.416 e. The fourth-order valence-electron chi connectivity index (χ4n) is 7.83. The van der Waals surface area contributed by atoms with Gasteiger partial charge in [0.2, 0.25) is 0 Å². The molecular weight excluding hydrogens is 665 g/mol. The number of morpholine rings is 1. The lowest BCUT2D eigenvalue weighted by molar-refractivity contribution is -0.194. The van der Waals surface area contributed by atoms with Crippen molar-refractivity contribution in [3.63, 3.8) is 0 Å². The van der Waals surface area contributed by atoms with E-state index in [1.54, 1.807) is 23.3 Å². The predicted molar refractivity (Wildman–Crippen MR) is 194 cm³/mol. The van der Waals surface area contributed by atoms with Crippen molar-refractivity contribution in [2.45, 2.75) is 17.3 Å². The summed E-state index contributed by atoms with van der Waals surface area (Å²) >= 11 is 0. The molecule has 8 rings (SSSR count). The quantitative estimate of drug-likeness (QED) is 0.194. The Kier molecular flexibility index (Phi) is 8.84. The Bertz CT molecular complexity index is 1950. The summed E-state index contributed by atoms with van der Waals surface area (Å²) in [7, 11) is 0. The summed E-state index contributed by atoms with van der Waals surface area (Å²) < 4.78 is 52.7. The summed E-state index contributed by atoms with van der Waals surface area (Å²) in [6.07, 6.45) is -0.287. The van der Waals surface area contributed by atoms with Gasteiger partial charge in [0.15, 0.2) is 5.54 Å². The first-order valence-electron chi connectivity index (χ1n) is 17.6. The van der Waals surface area contributed by atoms with E-state index in [2.05, 4.69) is 15.3 Å². The number of carbonyl (C=O) groups excluding carboxylic acids is 1. The van der Waals surface area contributed by atoms with Gasteiger partial charge in [0.1, 0.15) is 5.54 Å². The van der Waals surface area contributed by atoms with Crippen molar-refractivity contribution in [3.05, 3.63) is 156 Å². The molecule has 11 heteroatoms. The van der Waals surface area contributed by atoms with Gasteiger partial charge in [0.05, 0.1) is 18.7 Å². The maximum atomic E-state index is 15.8. The Morgan fingerprint density at radius 1 is 0.712 bits per heavy atom. The van der Waals surface area contributed by atoms with Gasteiger partial charge in [-0.05, 0) is 46.5 Å². The summed E-state index contributed by atoms with van der Waals surface area (Å²) in [5.74, 6) is 0. The van der Waals surface area contributed by atoms with E-state index < -0.39 is 17.3 Å². The summed E-state index contributed by atoms with van der Waals surface area (Å²) in [5.41, 5.74) is 3.14. The van der Waals surface area contributed by atoms with Gasteiger partial charge in [0, 0.05) is 62.7 Å². The zero-order valence-corrected chi connectivity index (χ0v) is 28.5. The second-order valence-electron chi connectivity index (χ2n) is 13.3. The highest BCUT2D eigenvalue weighted by atomic mass is 19.4. The van der Waals surface area contributed by atoms with Crippen LogP contribution in [0.4, 0.5) is 23.7 Å². The highest BCUT2D eigenvalue weighted by Crippen LogP contribution is 2.50. The van der Waals surface area contributed by atoms with Crippen LogP contribution < -0.4 is 10.3 Å². The second-order valence-corrected chi connectivity index (χ2v) is 13.3. The molecule has 1 unspecified atom stereocenters. The third-order valence-electron chi connectivity index (χ3n) is 10.5. The van der Waals surface area contributed by atoms with Crippen LogP contribution in [0.2, 0.25) is 0 Å². The molecule has 0 radical (unpaired) electrons. The van der Waals surface area contributed by atoms with Crippen molar-refractivity contribution in [1.29, 1.82) is 0 Å². The van der Waals surface area contributed by atoms with E-state index in [1.165, 1.54) is 18.3 Å². The van der Waals surface area contributed by atoms with Crippen molar-refractivity contribution >= 4 is 22.6 Å². The predicted octanol–water partition coefficient (Wildman–Crippen LogP) is 6.89. The van der Waals surface area contributed by atoms with Crippen molar-refractivity contribution in [2.75, 3.05) is 57.4 Å². The maximum absolute atomic E-state index is 15.8. The topological polar surface area (TPSA) is 64.2 Å². The van der Waals surface area contributed by atoms with Crippen LogP contribution in [0.5, 0.6) is 0 Å². The first-order valence-corrected chi connectivity index (χ1v) is 17.6. The number of urea groups is 1. The number of hydrogen-bond donors (Lipinski definition) is 1. The number of aromatic nitrogens is 1. The Morgan fingerprint density at radius 3 is 1.83 bits per heavy atom. The van der Waals surface area contributed by atoms with Gasteiger partial charge in [-0.15, -0.1) is 0 Å². The fraction of sp³-hybridized carbons (Fsp3) is 0.268. The first-order chi connectivity index (χ1) is 25.3. The average molecular weight is 705 g/mol. The molecule has 2 fully saturated rings. The number of halogens is 3. The number of pyridine rings is 1. The van der Waals surface area contributed by atoms with E-state index in [9.17, 15) is 4.79 Å². The molecule has 8 nitrogen and oxygen atoms in total. The van der Waals surface area contributed by atoms with E-state index in [0.29, 0.717) is 63.4 Å². The van der Waals surface area contributed by atoms with Gasteiger partial charge < -0.3 is 19.4 Å². The van der Waals surface area contributed by atoms with E-state index in [-0.39, 0.29) is 11.6 Å². The molecule has 4 aromatic carbocycles. The van der Waals surface area contributed by atoms with E-state index in [1.807, 2.05) is 107 Å². The lowest BCUT2D eigenvalue weighted by Gasteiger charge is -2.46. The minimum absolute atomic E-state index is 0.00169. The Labute approximate surface area is 300 Å². The Balaban J connectivity index is 1.17. The zero-order valence-electron chi connectivity index (χ0n) is 28.5. The van der Waals surface area contributed by atoms with Crippen LogP contribution in [0.25, 0.3) is 10.9 Å². The molecule has 0 saturated carbocycles. The molecule has 1 aromatic heterocycles. The molecule has 0 aliphatic carbocycles. The van der Waals surface area contributed by atoms with Gasteiger partial charge in [-0.3, -0.25) is 9.99 Å². The number of carbonyl (C=O) groups is 1. The molecule has 5 aromatic rings. The number of hydrogen-bond acceptors (Lipinski definition) is 6. The van der Waals surface area contributed by atoms with Crippen molar-refractivity contribution in [2.24, 2.45) is 0 Å². The SMILES string of the molecule is O=C(N1CCOCC1)N1CCN(c2ccnc3ccc(C4(C(F)(F)F)C=CN(C(c5ccccc5)(c5ccccc5)c5ccccc5)N4)cc23)CC1. The van der Waals surface area contributed by atoms with Gasteiger partial charge in [-0.1, -0.05) is 97.1 Å². The normalized spacial score (nSPS) is 19.8. The molecule has 52 heavy (non-hydrogen) atoms. The first kappa shape index (κ1) is 33.7. The van der Waals surface area contributed by atoms with Crippen LogP contribution in [-0.4, -0.2) is 84.5 Å². The molecule has 1 atom stereocenters. The Morgan fingerprint density at radius 2 is 1.27 bits per heavy atom. The number of nitrogens with zero attached hydrogens (tertiary/aromatic N) is 5. The molecule has 1 N–H and O–H groups in total. The number of fused-ring (bicyclic) bond motifs is 1. The number of anilines is 1.